The fourth-order valence-corrected chi connectivity index (χ4v) is 6.58. The Morgan fingerprint density at radius 3 is 2.16 bits per heavy atom. The Bertz CT molecular complexity index is 1830. The quantitative estimate of drug-likeness (QED) is 0.131. The summed E-state index contributed by atoms with van der Waals surface area (Å²) in [5.41, 5.74) is 8.57. The van der Waals surface area contributed by atoms with E-state index in [1.54, 1.807) is 0 Å². The summed E-state index contributed by atoms with van der Waals surface area (Å²) in [6.45, 7) is 11.4. The Morgan fingerprint density at radius 1 is 0.682 bits per heavy atom. The minimum Gasteiger partial charge on any atom is -0.341 e. The number of para-hydroxylation sites is 1. The number of benzene rings is 4. The Balaban J connectivity index is 1.43. The summed E-state index contributed by atoms with van der Waals surface area (Å²) in [5.74, 6) is 1.04. The molecule has 6 rings (SSSR count). The maximum absolute atomic E-state index is 6.32. The molecular formula is C39H43ClN4. The van der Waals surface area contributed by atoms with Gasteiger partial charge in [-0.25, -0.2) is 4.98 Å². The van der Waals surface area contributed by atoms with Gasteiger partial charge in [0.1, 0.15) is 5.82 Å². The summed E-state index contributed by atoms with van der Waals surface area (Å²) in [6, 6.07) is 34.7. The first-order chi connectivity index (χ1) is 21.6. The van der Waals surface area contributed by atoms with Gasteiger partial charge in [0, 0.05) is 64.1 Å². The van der Waals surface area contributed by atoms with Crippen LogP contribution in [-0.2, 0) is 26.2 Å². The van der Waals surface area contributed by atoms with Gasteiger partial charge in [-0.2, -0.15) is 0 Å². The first kappa shape index (κ1) is 30.2. The van der Waals surface area contributed by atoms with Crippen molar-refractivity contribution in [2.75, 3.05) is 6.54 Å². The van der Waals surface area contributed by atoms with Crippen molar-refractivity contribution >= 4 is 33.4 Å². The molecule has 0 fully saturated rings. The highest BCUT2D eigenvalue weighted by Crippen LogP contribution is 2.33. The summed E-state index contributed by atoms with van der Waals surface area (Å²) in [7, 11) is 0. The van der Waals surface area contributed by atoms with Crippen LogP contribution in [0.4, 0.5) is 0 Å². The van der Waals surface area contributed by atoms with E-state index in [-0.39, 0.29) is 0 Å². The molecule has 4 aromatic carbocycles. The minimum atomic E-state index is 0.744. The fourth-order valence-electron chi connectivity index (χ4n) is 6.46. The Labute approximate surface area is 266 Å². The van der Waals surface area contributed by atoms with Crippen molar-refractivity contribution in [3.63, 3.8) is 0 Å². The lowest BCUT2D eigenvalue weighted by Gasteiger charge is -2.24. The van der Waals surface area contributed by atoms with Crippen LogP contribution < -0.4 is 0 Å². The molecule has 0 bridgehead atoms. The molecule has 0 aliphatic rings. The van der Waals surface area contributed by atoms with E-state index >= 15 is 0 Å². The average molecular weight is 603 g/mol. The summed E-state index contributed by atoms with van der Waals surface area (Å²) < 4.78 is 4.92. The molecule has 226 valence electrons. The van der Waals surface area contributed by atoms with Gasteiger partial charge in [-0.3, -0.25) is 4.90 Å². The largest absolute Gasteiger partial charge is 0.341 e. The van der Waals surface area contributed by atoms with Gasteiger partial charge in [0.25, 0.3) is 0 Å². The highest BCUT2D eigenvalue weighted by Gasteiger charge is 2.22. The minimum absolute atomic E-state index is 0.744. The van der Waals surface area contributed by atoms with Gasteiger partial charge >= 0.3 is 0 Å². The van der Waals surface area contributed by atoms with E-state index in [1.807, 2.05) is 12.1 Å². The second-order valence-electron chi connectivity index (χ2n) is 11.8. The number of aryl methyl sites for hydroxylation is 1. The van der Waals surface area contributed by atoms with E-state index in [1.165, 1.54) is 33.1 Å². The molecule has 0 radical (unpaired) electrons. The third kappa shape index (κ3) is 6.20. The molecule has 0 aliphatic carbocycles. The molecule has 0 N–H and O–H groups in total. The van der Waals surface area contributed by atoms with Crippen LogP contribution in [0.1, 0.15) is 57.7 Å². The SMILES string of the molecule is CCCCN(Cc1ccc2c(c1)c1ccccc1n2CC)Cc1c(-c2ccc(Cl)cc2)nc(-c2ccccc2)n1CCCC. The number of aromatic nitrogens is 3. The number of imidazole rings is 1. The zero-order valence-electron chi connectivity index (χ0n) is 26.3. The zero-order valence-corrected chi connectivity index (χ0v) is 27.0. The number of hydrogen-bond acceptors (Lipinski definition) is 2. The van der Waals surface area contributed by atoms with Crippen LogP contribution in [0.25, 0.3) is 44.5 Å². The normalized spacial score (nSPS) is 11.8. The predicted octanol–water partition coefficient (Wildman–Crippen LogP) is 10.6. The first-order valence-electron chi connectivity index (χ1n) is 16.2. The van der Waals surface area contributed by atoms with Gasteiger partial charge in [0.2, 0.25) is 0 Å². The van der Waals surface area contributed by atoms with Crippen LogP contribution in [0.15, 0.2) is 97.1 Å². The Morgan fingerprint density at radius 2 is 1.41 bits per heavy atom. The number of rotatable bonds is 13. The van der Waals surface area contributed by atoms with Crippen LogP contribution in [-0.4, -0.2) is 25.6 Å². The van der Waals surface area contributed by atoms with E-state index in [2.05, 4.69) is 120 Å². The van der Waals surface area contributed by atoms with E-state index in [9.17, 15) is 0 Å². The molecule has 0 aliphatic heterocycles. The number of unbranched alkanes of at least 4 members (excludes halogenated alkanes) is 2. The second-order valence-corrected chi connectivity index (χ2v) is 12.2. The van der Waals surface area contributed by atoms with E-state index in [4.69, 9.17) is 16.6 Å². The zero-order chi connectivity index (χ0) is 30.5. The standard InChI is InChI=1S/C39H43ClN4/c1-4-7-24-42(27-29-18-23-36-34(26-29)33-16-12-13-17-35(33)43(36)6-3)28-37-38(30-19-21-32(40)22-20-30)41-39(44(37)25-8-5-2)31-14-10-9-11-15-31/h9-23,26H,4-8,24-25,27-28H2,1-3H3. The molecule has 44 heavy (non-hydrogen) atoms. The summed E-state index contributed by atoms with van der Waals surface area (Å²) in [5, 5.41) is 3.42. The van der Waals surface area contributed by atoms with Gasteiger partial charge in [0.15, 0.2) is 0 Å². The average Bonchev–Trinajstić information content (AvgIpc) is 3.58. The highest BCUT2D eigenvalue weighted by atomic mass is 35.5. The molecule has 0 unspecified atom stereocenters. The van der Waals surface area contributed by atoms with Crippen LogP contribution in [0.3, 0.4) is 0 Å². The van der Waals surface area contributed by atoms with Crippen LogP contribution in [0.2, 0.25) is 5.02 Å². The van der Waals surface area contributed by atoms with E-state index in [0.717, 1.165) is 86.1 Å². The predicted molar refractivity (Wildman–Crippen MR) is 187 cm³/mol. The van der Waals surface area contributed by atoms with Crippen LogP contribution in [0.5, 0.6) is 0 Å². The van der Waals surface area contributed by atoms with Gasteiger partial charge < -0.3 is 9.13 Å². The van der Waals surface area contributed by atoms with Crippen molar-refractivity contribution in [1.82, 2.24) is 19.0 Å². The van der Waals surface area contributed by atoms with Gasteiger partial charge in [-0.1, -0.05) is 105 Å². The number of fused-ring (bicyclic) bond motifs is 3. The monoisotopic (exact) mass is 602 g/mol. The maximum atomic E-state index is 6.32. The molecule has 5 heteroatoms. The van der Waals surface area contributed by atoms with Crippen molar-refractivity contribution in [3.8, 4) is 22.6 Å². The van der Waals surface area contributed by atoms with Gasteiger partial charge in [-0.05, 0) is 62.2 Å². The molecule has 0 amide bonds. The van der Waals surface area contributed by atoms with Crippen molar-refractivity contribution in [2.45, 2.75) is 72.6 Å². The fraction of sp³-hybridized carbons (Fsp3) is 0.308. The number of halogens is 1. The van der Waals surface area contributed by atoms with Crippen molar-refractivity contribution in [1.29, 1.82) is 0 Å². The molecule has 2 aromatic heterocycles. The molecule has 6 aromatic rings. The van der Waals surface area contributed by atoms with Crippen molar-refractivity contribution < 1.29 is 0 Å². The Kier molecular flexibility index (Phi) is 9.49. The smallest absolute Gasteiger partial charge is 0.140 e. The van der Waals surface area contributed by atoms with E-state index < -0.39 is 0 Å². The number of hydrogen-bond donors (Lipinski definition) is 0. The van der Waals surface area contributed by atoms with Crippen LogP contribution in [0, 0.1) is 0 Å². The maximum Gasteiger partial charge on any atom is 0.140 e. The molecule has 4 nitrogen and oxygen atoms in total. The van der Waals surface area contributed by atoms with Crippen molar-refractivity contribution in [3.05, 3.63) is 113 Å². The summed E-state index contributed by atoms with van der Waals surface area (Å²) >= 11 is 6.32. The van der Waals surface area contributed by atoms with Crippen molar-refractivity contribution in [2.24, 2.45) is 0 Å². The molecule has 0 saturated carbocycles. The molecule has 0 saturated heterocycles. The lowest BCUT2D eigenvalue weighted by atomic mass is 10.1. The highest BCUT2D eigenvalue weighted by molar-refractivity contribution is 6.30. The van der Waals surface area contributed by atoms with Crippen LogP contribution >= 0.6 is 11.6 Å². The molecule has 0 spiro atoms. The lowest BCUT2D eigenvalue weighted by molar-refractivity contribution is 0.246. The summed E-state index contributed by atoms with van der Waals surface area (Å²) in [6.07, 6.45) is 4.56. The first-order valence-corrected chi connectivity index (χ1v) is 16.6. The summed E-state index contributed by atoms with van der Waals surface area (Å²) in [4.78, 5) is 7.97. The third-order valence-corrected chi connectivity index (χ3v) is 8.97. The second kappa shape index (κ2) is 13.8. The number of nitrogens with zero attached hydrogens (tertiary/aromatic N) is 4. The van der Waals surface area contributed by atoms with Gasteiger partial charge in [0.05, 0.1) is 11.4 Å². The molecule has 0 atom stereocenters. The topological polar surface area (TPSA) is 26.0 Å². The van der Waals surface area contributed by atoms with Gasteiger partial charge in [-0.15, -0.1) is 0 Å². The lowest BCUT2D eigenvalue weighted by Crippen LogP contribution is -2.26. The Hall–Kier alpha value is -3.86. The molecular weight excluding hydrogens is 560 g/mol. The van der Waals surface area contributed by atoms with E-state index in [0.29, 0.717) is 0 Å². The molecule has 2 heterocycles. The third-order valence-electron chi connectivity index (χ3n) is 8.72.